The number of hydrogen-bond acceptors (Lipinski definition) is 4. The summed E-state index contributed by atoms with van der Waals surface area (Å²) in [5.41, 5.74) is 0. The predicted octanol–water partition coefficient (Wildman–Crippen LogP) is 0.732. The fourth-order valence-corrected chi connectivity index (χ4v) is 4.26. The molecule has 0 bridgehead atoms. The van der Waals surface area contributed by atoms with Crippen molar-refractivity contribution >= 4 is 10.0 Å². The zero-order chi connectivity index (χ0) is 14.6. The molecule has 2 aliphatic rings. The van der Waals surface area contributed by atoms with Gasteiger partial charge >= 0.3 is 0 Å². The number of nitrogens with zero attached hydrogens (tertiary/aromatic N) is 2. The second-order valence-electron chi connectivity index (χ2n) is 6.21. The fourth-order valence-electron chi connectivity index (χ4n) is 3.43. The molecule has 2 fully saturated rings. The number of hydrogen-bond donors (Lipinski definition) is 1. The van der Waals surface area contributed by atoms with Gasteiger partial charge in [-0.25, -0.2) is 8.42 Å². The Balaban J connectivity index is 1.77. The summed E-state index contributed by atoms with van der Waals surface area (Å²) >= 11 is 0. The molecule has 1 heterocycles. The maximum Gasteiger partial charge on any atom is 0.211 e. The van der Waals surface area contributed by atoms with Gasteiger partial charge in [0.15, 0.2) is 0 Å². The molecule has 1 saturated carbocycles. The van der Waals surface area contributed by atoms with Gasteiger partial charge in [-0.1, -0.05) is 13.3 Å². The van der Waals surface area contributed by atoms with Crippen LogP contribution in [-0.2, 0) is 10.0 Å². The van der Waals surface area contributed by atoms with Gasteiger partial charge in [0.1, 0.15) is 0 Å². The molecule has 2 rings (SSSR count). The van der Waals surface area contributed by atoms with E-state index in [0.717, 1.165) is 32.1 Å². The minimum Gasteiger partial charge on any atom is -0.314 e. The monoisotopic (exact) mass is 303 g/mol. The second-order valence-corrected chi connectivity index (χ2v) is 8.20. The Hall–Kier alpha value is -0.170. The van der Waals surface area contributed by atoms with Gasteiger partial charge in [-0.05, 0) is 31.7 Å². The molecule has 0 aromatic rings. The van der Waals surface area contributed by atoms with Crippen molar-refractivity contribution in [3.63, 3.8) is 0 Å². The molecule has 1 saturated heterocycles. The minimum absolute atomic E-state index is 0.651. The van der Waals surface area contributed by atoms with Gasteiger partial charge in [0.25, 0.3) is 0 Å². The van der Waals surface area contributed by atoms with Crippen LogP contribution in [0.4, 0.5) is 0 Å². The van der Waals surface area contributed by atoms with Crippen molar-refractivity contribution in [1.82, 2.24) is 14.5 Å². The fraction of sp³-hybridized carbons (Fsp3) is 1.00. The summed E-state index contributed by atoms with van der Waals surface area (Å²) in [6.45, 7) is 7.51. The predicted molar refractivity (Wildman–Crippen MR) is 82.3 cm³/mol. The molecule has 2 atom stereocenters. The average Bonchev–Trinajstić information content (AvgIpc) is 2.83. The van der Waals surface area contributed by atoms with Crippen LogP contribution in [0.1, 0.15) is 32.6 Å². The topological polar surface area (TPSA) is 52.6 Å². The lowest BCUT2D eigenvalue weighted by Crippen LogP contribution is -2.50. The largest absolute Gasteiger partial charge is 0.314 e. The lowest BCUT2D eigenvalue weighted by Gasteiger charge is -2.35. The maximum absolute atomic E-state index is 11.5. The van der Waals surface area contributed by atoms with Crippen LogP contribution in [-0.4, -0.2) is 69.2 Å². The minimum atomic E-state index is -3.01. The van der Waals surface area contributed by atoms with Crippen molar-refractivity contribution in [3.8, 4) is 0 Å². The van der Waals surface area contributed by atoms with Gasteiger partial charge < -0.3 is 10.2 Å². The lowest BCUT2D eigenvalue weighted by molar-refractivity contribution is 0.157. The molecule has 0 amide bonds. The second kappa shape index (κ2) is 7.20. The van der Waals surface area contributed by atoms with E-state index < -0.39 is 10.0 Å². The molecule has 0 radical (unpaired) electrons. The van der Waals surface area contributed by atoms with Crippen molar-refractivity contribution < 1.29 is 8.42 Å². The Morgan fingerprint density at radius 1 is 1.15 bits per heavy atom. The van der Waals surface area contributed by atoms with Crippen molar-refractivity contribution in [2.24, 2.45) is 5.92 Å². The van der Waals surface area contributed by atoms with Gasteiger partial charge in [-0.3, -0.25) is 0 Å². The van der Waals surface area contributed by atoms with Crippen LogP contribution in [0, 0.1) is 5.92 Å². The third-order valence-corrected chi connectivity index (χ3v) is 5.91. The molecule has 0 aromatic heterocycles. The zero-order valence-corrected chi connectivity index (χ0v) is 13.7. The first-order valence-electron chi connectivity index (χ1n) is 7.91. The molecule has 1 aliphatic carbocycles. The highest BCUT2D eigenvalue weighted by Gasteiger charge is 2.30. The van der Waals surface area contributed by atoms with Crippen molar-refractivity contribution in [3.05, 3.63) is 0 Å². The summed E-state index contributed by atoms with van der Waals surface area (Å²) in [5.74, 6) is 0.742. The Labute approximate surface area is 123 Å². The van der Waals surface area contributed by atoms with Crippen LogP contribution in [0.5, 0.6) is 0 Å². The van der Waals surface area contributed by atoms with E-state index in [2.05, 4.69) is 17.1 Å². The smallest absolute Gasteiger partial charge is 0.211 e. The highest BCUT2D eigenvalue weighted by molar-refractivity contribution is 7.88. The molecule has 0 aromatic carbocycles. The molecule has 118 valence electrons. The van der Waals surface area contributed by atoms with Crippen LogP contribution < -0.4 is 5.32 Å². The summed E-state index contributed by atoms with van der Waals surface area (Å²) in [7, 11) is -3.01. The maximum atomic E-state index is 11.5. The Kier molecular flexibility index (Phi) is 5.84. The van der Waals surface area contributed by atoms with Crippen molar-refractivity contribution in [2.45, 2.75) is 38.6 Å². The first-order chi connectivity index (χ1) is 9.50. The molecular formula is C14H29N3O2S. The molecule has 1 N–H and O–H groups in total. The molecule has 2 unspecified atom stereocenters. The number of rotatable bonds is 6. The lowest BCUT2D eigenvalue weighted by atomic mass is 10.0. The molecule has 5 nitrogen and oxygen atoms in total. The van der Waals surface area contributed by atoms with Gasteiger partial charge in [-0.15, -0.1) is 0 Å². The van der Waals surface area contributed by atoms with Gasteiger partial charge in [0.05, 0.1) is 6.26 Å². The van der Waals surface area contributed by atoms with Crippen LogP contribution in [0.15, 0.2) is 0 Å². The highest BCUT2D eigenvalue weighted by Crippen LogP contribution is 2.27. The molecule has 6 heteroatoms. The number of sulfonamides is 1. The van der Waals surface area contributed by atoms with E-state index in [4.69, 9.17) is 0 Å². The zero-order valence-electron chi connectivity index (χ0n) is 12.8. The van der Waals surface area contributed by atoms with E-state index in [1.807, 2.05) is 0 Å². The SMILES string of the molecule is CCCNC1CCCC1CN1CCN(S(C)(=O)=O)CC1. The van der Waals surface area contributed by atoms with Crippen LogP contribution >= 0.6 is 0 Å². The van der Waals surface area contributed by atoms with Crippen LogP contribution in [0.3, 0.4) is 0 Å². The van der Waals surface area contributed by atoms with E-state index in [1.54, 1.807) is 4.31 Å². The summed E-state index contributed by atoms with van der Waals surface area (Å²) < 4.78 is 24.6. The number of nitrogens with one attached hydrogen (secondary N) is 1. The van der Waals surface area contributed by atoms with Crippen molar-refractivity contribution in [1.29, 1.82) is 0 Å². The van der Waals surface area contributed by atoms with Gasteiger partial charge in [-0.2, -0.15) is 4.31 Å². The quantitative estimate of drug-likeness (QED) is 0.786. The Bertz CT molecular complexity index is 391. The summed E-state index contributed by atoms with van der Waals surface area (Å²) in [4.78, 5) is 2.44. The van der Waals surface area contributed by atoms with E-state index >= 15 is 0 Å². The molecule has 1 aliphatic heterocycles. The Morgan fingerprint density at radius 2 is 1.85 bits per heavy atom. The van der Waals surface area contributed by atoms with Crippen LogP contribution in [0.2, 0.25) is 0 Å². The standard InChI is InChI=1S/C14H29N3O2S/c1-3-7-15-14-6-4-5-13(14)12-16-8-10-17(11-9-16)20(2,18)19/h13-15H,3-12H2,1-2H3. The Morgan fingerprint density at radius 3 is 2.45 bits per heavy atom. The summed E-state index contributed by atoms with van der Waals surface area (Å²) in [5, 5.41) is 3.67. The molecule has 0 spiro atoms. The van der Waals surface area contributed by atoms with Crippen molar-refractivity contribution in [2.75, 3.05) is 45.5 Å². The normalized spacial score (nSPS) is 29.9. The third kappa shape index (κ3) is 4.41. The average molecular weight is 303 g/mol. The summed E-state index contributed by atoms with van der Waals surface area (Å²) in [6, 6.07) is 0.669. The van der Waals surface area contributed by atoms with E-state index in [9.17, 15) is 8.42 Å². The van der Waals surface area contributed by atoms with E-state index in [1.165, 1.54) is 31.9 Å². The first-order valence-corrected chi connectivity index (χ1v) is 9.76. The van der Waals surface area contributed by atoms with Gasteiger partial charge in [0.2, 0.25) is 10.0 Å². The number of piperazine rings is 1. The van der Waals surface area contributed by atoms with E-state index in [0.29, 0.717) is 19.1 Å². The van der Waals surface area contributed by atoms with Gasteiger partial charge in [0, 0.05) is 38.8 Å². The molecule has 20 heavy (non-hydrogen) atoms. The van der Waals surface area contributed by atoms with Crippen LogP contribution in [0.25, 0.3) is 0 Å². The summed E-state index contributed by atoms with van der Waals surface area (Å²) in [6.07, 6.45) is 6.44. The third-order valence-electron chi connectivity index (χ3n) is 4.61. The molecular weight excluding hydrogens is 274 g/mol. The van der Waals surface area contributed by atoms with E-state index in [-0.39, 0.29) is 0 Å². The first kappa shape index (κ1) is 16.2. The highest BCUT2D eigenvalue weighted by atomic mass is 32.2.